The van der Waals surface area contributed by atoms with E-state index in [0.717, 1.165) is 11.3 Å². The van der Waals surface area contributed by atoms with Crippen molar-refractivity contribution in [3.05, 3.63) is 22.7 Å². The minimum absolute atomic E-state index is 0.00931. The molecule has 0 bridgehead atoms. The molecule has 3 amide bonds. The molecule has 0 spiro atoms. The predicted molar refractivity (Wildman–Crippen MR) is 135 cm³/mol. The second-order valence-corrected chi connectivity index (χ2v) is 11.7. The van der Waals surface area contributed by atoms with Gasteiger partial charge in [-0.05, 0) is 20.8 Å². The van der Waals surface area contributed by atoms with Crippen molar-refractivity contribution in [2.24, 2.45) is 10.6 Å². The van der Waals surface area contributed by atoms with E-state index in [4.69, 9.17) is 21.2 Å². The van der Waals surface area contributed by atoms with Crippen LogP contribution in [0.3, 0.4) is 0 Å². The smallest absolute Gasteiger partial charge is 0.347 e. The number of halogens is 1. The zero-order chi connectivity index (χ0) is 27.5. The molecule has 2 fully saturated rings. The summed E-state index contributed by atoms with van der Waals surface area (Å²) < 4.78 is 5.12. The van der Waals surface area contributed by atoms with Crippen molar-refractivity contribution in [1.82, 2.24) is 15.2 Å². The first-order valence-electron chi connectivity index (χ1n) is 10.7. The number of carboxylic acids is 1. The lowest BCUT2D eigenvalue weighted by Gasteiger charge is -2.53. The van der Waals surface area contributed by atoms with Crippen LogP contribution in [0.2, 0.25) is 4.34 Å². The van der Waals surface area contributed by atoms with Gasteiger partial charge >= 0.3 is 11.9 Å². The summed E-state index contributed by atoms with van der Waals surface area (Å²) in [4.78, 5) is 70.8. The molecule has 2 unspecified atom stereocenters. The summed E-state index contributed by atoms with van der Waals surface area (Å²) in [5.74, 6) is -3.05. The maximum Gasteiger partial charge on any atom is 0.347 e. The molecule has 0 radical (unpaired) electrons. The number of fused-ring (bicyclic) bond motifs is 1. The number of rotatable bonds is 10. The van der Waals surface area contributed by atoms with E-state index in [1.807, 2.05) is 0 Å². The van der Waals surface area contributed by atoms with Gasteiger partial charge in [-0.1, -0.05) is 34.2 Å². The molecule has 2 aliphatic rings. The molecule has 2 saturated heterocycles. The Bertz CT molecular complexity index is 1170. The summed E-state index contributed by atoms with van der Waals surface area (Å²) >= 11 is 8.24. The van der Waals surface area contributed by atoms with Gasteiger partial charge in [0.25, 0.3) is 5.91 Å². The first-order valence-corrected chi connectivity index (χ1v) is 12.9. The van der Waals surface area contributed by atoms with E-state index >= 15 is 0 Å². The van der Waals surface area contributed by atoms with Crippen LogP contribution in [0.5, 0.6) is 0 Å². The number of carbonyl (C=O) groups excluding carboxylic acids is 4. The summed E-state index contributed by atoms with van der Waals surface area (Å²) in [6.45, 7) is 7.89. The van der Waals surface area contributed by atoms with Crippen LogP contribution in [-0.2, 0) is 33.5 Å². The van der Waals surface area contributed by atoms with Crippen molar-refractivity contribution >= 4 is 75.7 Å². The lowest BCUT2D eigenvalue weighted by Crippen LogP contribution is -2.73. The fourth-order valence-corrected chi connectivity index (χ4v) is 5.96. The molecule has 0 aliphatic carbocycles. The fraction of sp³-hybridized carbons (Fsp3) is 0.476. The van der Waals surface area contributed by atoms with Gasteiger partial charge in [0.2, 0.25) is 18.9 Å². The molecule has 2 aliphatic heterocycles. The SMILES string of the molecule is C=CC1(C(=O)O)CS[C@@H]2C(NC(=O)C(=NOCC(=O)OC(C)(C)C)c3nc(NC=O)sc3Cl)C(=O)N2C1. The largest absolute Gasteiger partial charge is 0.481 e. The third-order valence-corrected chi connectivity index (χ3v) is 7.91. The number of hydrogen-bond acceptors (Lipinski definition) is 11. The van der Waals surface area contributed by atoms with Crippen LogP contribution in [-0.4, -0.2) is 86.8 Å². The van der Waals surface area contributed by atoms with Crippen molar-refractivity contribution < 1.29 is 38.7 Å². The molecule has 3 heterocycles. The van der Waals surface area contributed by atoms with Gasteiger partial charge in [0.1, 0.15) is 32.5 Å². The van der Waals surface area contributed by atoms with Gasteiger partial charge in [-0.2, -0.15) is 0 Å². The quantitative estimate of drug-likeness (QED) is 0.0916. The summed E-state index contributed by atoms with van der Waals surface area (Å²) in [5.41, 5.74) is -2.64. The molecular formula is C21H24ClN5O8S2. The number of carboxylic acid groups (broad SMARTS) is 1. The number of nitrogens with one attached hydrogen (secondary N) is 2. The van der Waals surface area contributed by atoms with Crippen LogP contribution >= 0.6 is 34.7 Å². The molecule has 1 aromatic rings. The number of esters is 1. The Morgan fingerprint density at radius 2 is 2.11 bits per heavy atom. The topological polar surface area (TPSA) is 177 Å². The van der Waals surface area contributed by atoms with Gasteiger partial charge in [-0.25, -0.2) is 9.78 Å². The van der Waals surface area contributed by atoms with Crippen molar-refractivity contribution in [1.29, 1.82) is 0 Å². The second-order valence-electron chi connectivity index (χ2n) is 8.99. The molecule has 3 atom stereocenters. The zero-order valence-electron chi connectivity index (χ0n) is 20.0. The van der Waals surface area contributed by atoms with Crippen molar-refractivity contribution in [2.45, 2.75) is 37.8 Å². The Hall–Kier alpha value is -3.17. The van der Waals surface area contributed by atoms with Gasteiger partial charge in [0, 0.05) is 12.3 Å². The van der Waals surface area contributed by atoms with Crippen LogP contribution in [0.25, 0.3) is 0 Å². The van der Waals surface area contributed by atoms with Gasteiger partial charge in [-0.15, -0.1) is 18.3 Å². The van der Waals surface area contributed by atoms with Crippen molar-refractivity contribution in [3.63, 3.8) is 0 Å². The normalized spacial score (nSPS) is 23.3. The average molecular weight is 574 g/mol. The molecule has 200 valence electrons. The van der Waals surface area contributed by atoms with Crippen LogP contribution in [0, 0.1) is 5.41 Å². The van der Waals surface area contributed by atoms with Gasteiger partial charge in [-0.3, -0.25) is 19.2 Å². The van der Waals surface area contributed by atoms with Crippen LogP contribution in [0.4, 0.5) is 5.13 Å². The zero-order valence-corrected chi connectivity index (χ0v) is 22.4. The fourth-order valence-electron chi connectivity index (χ4n) is 3.42. The molecule has 13 nitrogen and oxygen atoms in total. The Kier molecular flexibility index (Phi) is 8.49. The number of carbonyl (C=O) groups is 5. The standard InChI is InChI=1S/C21H24ClN5O8S2/c1-5-21(18(32)33)7-27-16(31)13(17(27)36-8-21)24-15(30)12(11-14(22)37-19(25-11)23-9-28)26-34-6-10(29)35-20(2,3)4/h5,9,13,17H,1,6-8H2,2-4H3,(H,24,30)(H,32,33)(H,23,25,28)/t13?,17-,21?/m1/s1. The molecule has 37 heavy (non-hydrogen) atoms. The molecule has 0 saturated carbocycles. The number of aromatic nitrogens is 1. The van der Waals surface area contributed by atoms with E-state index < -0.39 is 58.5 Å². The van der Waals surface area contributed by atoms with E-state index in [1.165, 1.54) is 22.7 Å². The van der Waals surface area contributed by atoms with E-state index in [2.05, 4.69) is 27.4 Å². The minimum Gasteiger partial charge on any atom is -0.481 e. The van der Waals surface area contributed by atoms with E-state index in [-0.39, 0.29) is 27.5 Å². The molecule has 1 aromatic heterocycles. The number of nitrogens with zero attached hydrogens (tertiary/aromatic N) is 3. The number of hydrogen-bond donors (Lipinski definition) is 3. The van der Waals surface area contributed by atoms with Crippen LogP contribution in [0.15, 0.2) is 17.8 Å². The highest BCUT2D eigenvalue weighted by Crippen LogP contribution is 2.42. The summed E-state index contributed by atoms with van der Waals surface area (Å²) in [7, 11) is 0. The summed E-state index contributed by atoms with van der Waals surface area (Å²) in [6, 6.07) is -0.977. The lowest BCUT2D eigenvalue weighted by atomic mass is 9.87. The predicted octanol–water partition coefficient (Wildman–Crippen LogP) is 1.08. The number of aliphatic carboxylic acids is 1. The van der Waals surface area contributed by atoms with Gasteiger partial charge < -0.3 is 30.2 Å². The highest BCUT2D eigenvalue weighted by atomic mass is 35.5. The maximum atomic E-state index is 13.2. The van der Waals surface area contributed by atoms with E-state index in [1.54, 1.807) is 20.8 Å². The highest BCUT2D eigenvalue weighted by Gasteiger charge is 2.56. The van der Waals surface area contributed by atoms with Gasteiger partial charge in [0.15, 0.2) is 10.8 Å². The first-order chi connectivity index (χ1) is 17.3. The number of thiazole rings is 1. The first kappa shape index (κ1) is 28.4. The van der Waals surface area contributed by atoms with E-state index in [9.17, 15) is 29.1 Å². The van der Waals surface area contributed by atoms with Gasteiger partial charge in [0.05, 0.1) is 0 Å². The second kappa shape index (κ2) is 11.1. The summed E-state index contributed by atoms with van der Waals surface area (Å²) in [5, 5.41) is 17.7. The van der Waals surface area contributed by atoms with Crippen LogP contribution < -0.4 is 10.6 Å². The average Bonchev–Trinajstić information content (AvgIpc) is 3.18. The minimum atomic E-state index is -1.29. The number of oxime groups is 1. The van der Waals surface area contributed by atoms with Crippen molar-refractivity contribution in [3.8, 4) is 0 Å². The number of thioether (sulfide) groups is 1. The molecule has 0 aromatic carbocycles. The number of β-lactam (4-membered cyclic amide) rings is 1. The number of ether oxygens (including phenoxy) is 1. The molecular weight excluding hydrogens is 550 g/mol. The monoisotopic (exact) mass is 573 g/mol. The Labute approximate surface area is 224 Å². The molecule has 3 N–H and O–H groups in total. The highest BCUT2D eigenvalue weighted by molar-refractivity contribution is 8.00. The molecule has 16 heteroatoms. The Morgan fingerprint density at radius 1 is 1.41 bits per heavy atom. The number of anilines is 1. The molecule has 3 rings (SSSR count). The van der Waals surface area contributed by atoms with E-state index in [0.29, 0.717) is 6.41 Å². The maximum absolute atomic E-state index is 13.2. The van der Waals surface area contributed by atoms with Crippen molar-refractivity contribution in [2.75, 3.05) is 24.2 Å². The summed E-state index contributed by atoms with van der Waals surface area (Å²) in [6.07, 6.45) is 1.68. The third-order valence-electron chi connectivity index (χ3n) is 5.17. The Balaban J connectivity index is 1.78. The third kappa shape index (κ3) is 6.22. The number of amides is 3. The lowest BCUT2D eigenvalue weighted by molar-refractivity contribution is -0.160. The van der Waals surface area contributed by atoms with Crippen LogP contribution in [0.1, 0.15) is 26.5 Å². The Morgan fingerprint density at radius 3 is 2.70 bits per heavy atom.